The number of fused-ring (bicyclic) bond motifs is 1. The van der Waals surface area contributed by atoms with Crippen LogP contribution in [0.4, 0.5) is 5.82 Å². The summed E-state index contributed by atoms with van der Waals surface area (Å²) in [5.41, 5.74) is 0.691. The third-order valence-electron chi connectivity index (χ3n) is 3.36. The van der Waals surface area contributed by atoms with Crippen molar-refractivity contribution >= 4 is 28.5 Å². The molecule has 2 aromatic rings. The van der Waals surface area contributed by atoms with E-state index in [0.29, 0.717) is 11.7 Å². The van der Waals surface area contributed by atoms with Crippen LogP contribution in [0.5, 0.6) is 0 Å². The van der Waals surface area contributed by atoms with Crippen LogP contribution in [0.15, 0.2) is 6.20 Å². The highest BCUT2D eigenvalue weighted by molar-refractivity contribution is 6.28. The highest BCUT2D eigenvalue weighted by Crippen LogP contribution is 2.26. The van der Waals surface area contributed by atoms with Crippen LogP contribution in [0, 0.1) is 0 Å². The molecule has 0 spiro atoms. The zero-order valence-corrected chi connectivity index (χ0v) is 11.1. The maximum atomic E-state index is 5.97. The van der Waals surface area contributed by atoms with Gasteiger partial charge < -0.3 is 9.80 Å². The molecule has 0 saturated carbocycles. The zero-order valence-electron chi connectivity index (χ0n) is 10.4. The molecule has 3 rings (SSSR count). The molecule has 1 saturated heterocycles. The Morgan fingerprint density at radius 1 is 1.39 bits per heavy atom. The molecule has 7 heteroatoms. The number of hydrogen-bond donors (Lipinski definition) is 1. The van der Waals surface area contributed by atoms with Gasteiger partial charge in [-0.1, -0.05) is 0 Å². The van der Waals surface area contributed by atoms with Crippen LogP contribution in [0.25, 0.3) is 11.0 Å². The summed E-state index contributed by atoms with van der Waals surface area (Å²) in [5.74, 6) is 0.874. The third kappa shape index (κ3) is 1.91. The summed E-state index contributed by atoms with van der Waals surface area (Å²) in [4.78, 5) is 13.1. The molecule has 2 aromatic heterocycles. The predicted octanol–water partition coefficient (Wildman–Crippen LogP) is 1.15. The van der Waals surface area contributed by atoms with Crippen molar-refractivity contribution in [3.05, 3.63) is 11.5 Å². The lowest BCUT2D eigenvalue weighted by Crippen LogP contribution is -2.50. The zero-order chi connectivity index (χ0) is 12.7. The summed E-state index contributed by atoms with van der Waals surface area (Å²) in [7, 11) is 2.13. The first kappa shape index (κ1) is 11.7. The van der Waals surface area contributed by atoms with E-state index >= 15 is 0 Å². The highest BCUT2D eigenvalue weighted by atomic mass is 35.5. The standard InChI is InChI=1S/C11H15ClN6/c1-7-6-17(2)3-4-18(7)10-8-5-13-16-9(8)14-11(12)15-10/h5,7H,3-4,6H2,1-2H3,(H,13,14,15,16). The second-order valence-electron chi connectivity index (χ2n) is 4.75. The average molecular weight is 267 g/mol. The summed E-state index contributed by atoms with van der Waals surface area (Å²) in [5, 5.41) is 8.04. The van der Waals surface area contributed by atoms with Gasteiger partial charge in [0.25, 0.3) is 0 Å². The monoisotopic (exact) mass is 266 g/mol. The largest absolute Gasteiger partial charge is 0.351 e. The number of hydrogen-bond acceptors (Lipinski definition) is 5. The first-order chi connectivity index (χ1) is 8.65. The summed E-state index contributed by atoms with van der Waals surface area (Å²) in [6.07, 6.45) is 1.76. The summed E-state index contributed by atoms with van der Waals surface area (Å²) >= 11 is 5.97. The van der Waals surface area contributed by atoms with Gasteiger partial charge in [-0.25, -0.2) is 0 Å². The second-order valence-corrected chi connectivity index (χ2v) is 5.09. The van der Waals surface area contributed by atoms with Gasteiger partial charge in [0.05, 0.1) is 11.6 Å². The highest BCUT2D eigenvalue weighted by Gasteiger charge is 2.25. The van der Waals surface area contributed by atoms with E-state index in [4.69, 9.17) is 11.6 Å². The van der Waals surface area contributed by atoms with Crippen molar-refractivity contribution in [1.82, 2.24) is 25.1 Å². The van der Waals surface area contributed by atoms with Gasteiger partial charge in [-0.2, -0.15) is 15.1 Å². The number of nitrogens with zero attached hydrogens (tertiary/aromatic N) is 5. The number of piperazine rings is 1. The molecular formula is C11H15ClN6. The Kier molecular flexibility index (Phi) is 2.83. The molecule has 1 atom stereocenters. The number of aromatic nitrogens is 4. The smallest absolute Gasteiger partial charge is 0.226 e. The molecule has 1 N–H and O–H groups in total. The van der Waals surface area contributed by atoms with Crippen LogP contribution in [0.3, 0.4) is 0 Å². The number of rotatable bonds is 1. The van der Waals surface area contributed by atoms with Gasteiger partial charge in [-0.3, -0.25) is 5.10 Å². The number of H-pyrrole nitrogens is 1. The second kappa shape index (κ2) is 4.37. The van der Waals surface area contributed by atoms with Gasteiger partial charge in [0.1, 0.15) is 5.82 Å². The van der Waals surface area contributed by atoms with Crippen molar-refractivity contribution in [2.75, 3.05) is 31.6 Å². The molecule has 1 aliphatic heterocycles. The predicted molar refractivity (Wildman–Crippen MR) is 71.0 cm³/mol. The maximum Gasteiger partial charge on any atom is 0.226 e. The van der Waals surface area contributed by atoms with Gasteiger partial charge in [-0.15, -0.1) is 0 Å². The summed E-state index contributed by atoms with van der Waals surface area (Å²) in [6, 6.07) is 0.396. The van der Waals surface area contributed by atoms with Crippen molar-refractivity contribution in [1.29, 1.82) is 0 Å². The Balaban J connectivity index is 2.05. The number of anilines is 1. The summed E-state index contributed by atoms with van der Waals surface area (Å²) < 4.78 is 0. The molecule has 1 unspecified atom stereocenters. The minimum atomic E-state index is 0.257. The Hall–Kier alpha value is -1.40. The van der Waals surface area contributed by atoms with Crippen molar-refractivity contribution in [3.8, 4) is 0 Å². The molecule has 0 radical (unpaired) electrons. The van der Waals surface area contributed by atoms with E-state index in [1.807, 2.05) is 0 Å². The van der Waals surface area contributed by atoms with Crippen LogP contribution >= 0.6 is 11.6 Å². The molecule has 18 heavy (non-hydrogen) atoms. The van der Waals surface area contributed by atoms with E-state index in [-0.39, 0.29) is 5.28 Å². The fourth-order valence-electron chi connectivity index (χ4n) is 2.47. The number of nitrogens with one attached hydrogen (secondary N) is 1. The van der Waals surface area contributed by atoms with Gasteiger partial charge in [0.15, 0.2) is 5.65 Å². The lowest BCUT2D eigenvalue weighted by atomic mass is 10.2. The van der Waals surface area contributed by atoms with Crippen LogP contribution in [0.1, 0.15) is 6.92 Å². The normalized spacial score (nSPS) is 21.7. The van der Waals surface area contributed by atoms with E-state index in [1.165, 1.54) is 0 Å². The van der Waals surface area contributed by atoms with E-state index in [1.54, 1.807) is 6.20 Å². The fourth-order valence-corrected chi connectivity index (χ4v) is 2.63. The lowest BCUT2D eigenvalue weighted by Gasteiger charge is -2.39. The molecule has 0 bridgehead atoms. The molecule has 1 aliphatic rings. The van der Waals surface area contributed by atoms with E-state index in [0.717, 1.165) is 30.8 Å². The first-order valence-corrected chi connectivity index (χ1v) is 6.35. The Morgan fingerprint density at radius 3 is 3.00 bits per heavy atom. The number of halogens is 1. The topological polar surface area (TPSA) is 60.9 Å². The molecule has 0 aromatic carbocycles. The van der Waals surface area contributed by atoms with Crippen molar-refractivity contribution in [2.24, 2.45) is 0 Å². The van der Waals surface area contributed by atoms with Crippen LogP contribution < -0.4 is 4.90 Å². The van der Waals surface area contributed by atoms with Gasteiger partial charge in [0.2, 0.25) is 5.28 Å². The number of aromatic amines is 1. The molecule has 96 valence electrons. The quantitative estimate of drug-likeness (QED) is 0.785. The molecule has 6 nitrogen and oxygen atoms in total. The average Bonchev–Trinajstić information content (AvgIpc) is 2.76. The number of likely N-dealkylation sites (N-methyl/N-ethyl adjacent to an activating group) is 1. The third-order valence-corrected chi connectivity index (χ3v) is 3.53. The molecule has 0 amide bonds. The molecule has 3 heterocycles. The first-order valence-electron chi connectivity index (χ1n) is 5.97. The Bertz CT molecular complexity index is 568. The maximum absolute atomic E-state index is 5.97. The summed E-state index contributed by atoms with van der Waals surface area (Å²) in [6.45, 7) is 5.16. The van der Waals surface area contributed by atoms with Crippen LogP contribution in [-0.4, -0.2) is 57.8 Å². The van der Waals surface area contributed by atoms with Crippen LogP contribution in [0.2, 0.25) is 5.28 Å². The molecular weight excluding hydrogens is 252 g/mol. The van der Waals surface area contributed by atoms with E-state index < -0.39 is 0 Å². The van der Waals surface area contributed by atoms with Gasteiger partial charge >= 0.3 is 0 Å². The van der Waals surface area contributed by atoms with Gasteiger partial charge in [0, 0.05) is 25.7 Å². The minimum absolute atomic E-state index is 0.257. The van der Waals surface area contributed by atoms with Gasteiger partial charge in [-0.05, 0) is 25.6 Å². The minimum Gasteiger partial charge on any atom is -0.351 e. The van der Waals surface area contributed by atoms with E-state index in [2.05, 4.69) is 43.9 Å². The molecule has 0 aliphatic carbocycles. The van der Waals surface area contributed by atoms with Crippen molar-refractivity contribution in [2.45, 2.75) is 13.0 Å². The van der Waals surface area contributed by atoms with Crippen LogP contribution in [-0.2, 0) is 0 Å². The van der Waals surface area contributed by atoms with Crippen molar-refractivity contribution < 1.29 is 0 Å². The SMILES string of the molecule is CC1CN(C)CCN1c1nc(Cl)nc2[nH]ncc12. The molecule has 1 fully saturated rings. The fraction of sp³-hybridized carbons (Fsp3) is 0.545. The Morgan fingerprint density at radius 2 is 2.22 bits per heavy atom. The lowest BCUT2D eigenvalue weighted by molar-refractivity contribution is 0.275. The van der Waals surface area contributed by atoms with Crippen molar-refractivity contribution in [3.63, 3.8) is 0 Å². The Labute approximate surface area is 110 Å². The van der Waals surface area contributed by atoms with E-state index in [9.17, 15) is 0 Å².